The average molecular weight is 461 g/mol. The number of amides is 1. The number of hydrogen-bond donors (Lipinski definition) is 2. The summed E-state index contributed by atoms with van der Waals surface area (Å²) in [5, 5.41) is 4.79. The van der Waals surface area contributed by atoms with E-state index >= 15 is 0 Å². The predicted molar refractivity (Wildman–Crippen MR) is 120 cm³/mol. The first kappa shape index (κ1) is 22.8. The zero-order valence-corrected chi connectivity index (χ0v) is 19.0. The Bertz CT molecular complexity index is 1130. The Kier molecular flexibility index (Phi) is 7.32. The van der Waals surface area contributed by atoms with Crippen molar-refractivity contribution < 1.29 is 22.7 Å². The number of nitrogens with one attached hydrogen (secondary N) is 2. The standard InChI is InChI=1S/C22H24N2O5S2/c1-15(17-8-11-20(28-2)21(13-17)29-3)24-22(25)16-6-9-19(10-7-16)31(26,27)23-14-18-5-4-12-30-18/h4-13,15,23H,14H2,1-3H3,(H,24,25). The summed E-state index contributed by atoms with van der Waals surface area (Å²) in [6, 6.07) is 14.7. The quantitative estimate of drug-likeness (QED) is 0.507. The van der Waals surface area contributed by atoms with Crippen LogP contribution in [0.25, 0.3) is 0 Å². The first-order chi connectivity index (χ1) is 14.8. The second-order valence-corrected chi connectivity index (χ2v) is 9.54. The van der Waals surface area contributed by atoms with E-state index < -0.39 is 10.0 Å². The van der Waals surface area contributed by atoms with Crippen molar-refractivity contribution >= 4 is 27.3 Å². The van der Waals surface area contributed by atoms with E-state index in [-0.39, 0.29) is 23.4 Å². The topological polar surface area (TPSA) is 93.7 Å². The number of thiophene rings is 1. The van der Waals surface area contributed by atoms with Crippen molar-refractivity contribution in [1.29, 1.82) is 0 Å². The lowest BCUT2D eigenvalue weighted by Gasteiger charge is -2.17. The van der Waals surface area contributed by atoms with Crippen LogP contribution in [-0.2, 0) is 16.6 Å². The fourth-order valence-corrected chi connectivity index (χ4v) is 4.68. The Morgan fingerprint density at radius 2 is 1.74 bits per heavy atom. The van der Waals surface area contributed by atoms with Crippen LogP contribution < -0.4 is 19.5 Å². The lowest BCUT2D eigenvalue weighted by molar-refractivity contribution is 0.0939. The van der Waals surface area contributed by atoms with Gasteiger partial charge in [-0.15, -0.1) is 11.3 Å². The summed E-state index contributed by atoms with van der Waals surface area (Å²) in [6.07, 6.45) is 0. The van der Waals surface area contributed by atoms with Gasteiger partial charge in [0.05, 0.1) is 25.2 Å². The van der Waals surface area contributed by atoms with Crippen molar-refractivity contribution in [2.45, 2.75) is 24.4 Å². The molecule has 0 radical (unpaired) electrons. The van der Waals surface area contributed by atoms with Crippen LogP contribution >= 0.6 is 11.3 Å². The van der Waals surface area contributed by atoms with Crippen LogP contribution in [0, 0.1) is 0 Å². The molecule has 0 saturated heterocycles. The normalized spacial score (nSPS) is 12.2. The molecule has 0 aliphatic carbocycles. The molecular weight excluding hydrogens is 436 g/mol. The maximum Gasteiger partial charge on any atom is 0.251 e. The fourth-order valence-electron chi connectivity index (χ4n) is 2.93. The smallest absolute Gasteiger partial charge is 0.251 e. The molecule has 3 rings (SSSR count). The highest BCUT2D eigenvalue weighted by Crippen LogP contribution is 2.30. The Morgan fingerprint density at radius 3 is 2.35 bits per heavy atom. The average Bonchev–Trinajstić information content (AvgIpc) is 3.31. The van der Waals surface area contributed by atoms with Crippen LogP contribution in [0.2, 0.25) is 0 Å². The Labute approximate surface area is 186 Å². The van der Waals surface area contributed by atoms with Gasteiger partial charge in [-0.25, -0.2) is 13.1 Å². The van der Waals surface area contributed by atoms with Gasteiger partial charge in [0.2, 0.25) is 10.0 Å². The van der Waals surface area contributed by atoms with Crippen molar-refractivity contribution in [3.63, 3.8) is 0 Å². The third-order valence-electron chi connectivity index (χ3n) is 4.70. The van der Waals surface area contributed by atoms with Crippen molar-refractivity contribution in [2.24, 2.45) is 0 Å². The number of rotatable bonds is 9. The highest BCUT2D eigenvalue weighted by molar-refractivity contribution is 7.89. The van der Waals surface area contributed by atoms with Crippen LogP contribution in [0.3, 0.4) is 0 Å². The molecule has 164 valence electrons. The number of benzene rings is 2. The molecule has 1 aromatic heterocycles. The SMILES string of the molecule is COc1ccc(C(C)NC(=O)c2ccc(S(=O)(=O)NCc3cccs3)cc2)cc1OC. The molecule has 0 spiro atoms. The molecule has 7 nitrogen and oxygen atoms in total. The summed E-state index contributed by atoms with van der Waals surface area (Å²) in [5.74, 6) is 0.873. The van der Waals surface area contributed by atoms with E-state index in [0.29, 0.717) is 17.1 Å². The fraction of sp³-hybridized carbons (Fsp3) is 0.227. The molecule has 0 saturated carbocycles. The Morgan fingerprint density at radius 1 is 1.03 bits per heavy atom. The third-order valence-corrected chi connectivity index (χ3v) is 6.99. The summed E-state index contributed by atoms with van der Waals surface area (Å²) in [7, 11) is -0.549. The molecule has 3 aromatic rings. The minimum Gasteiger partial charge on any atom is -0.493 e. The van der Waals surface area contributed by atoms with Gasteiger partial charge in [-0.05, 0) is 60.3 Å². The molecule has 0 aliphatic heterocycles. The van der Waals surface area contributed by atoms with Crippen molar-refractivity contribution in [1.82, 2.24) is 10.0 Å². The van der Waals surface area contributed by atoms with Crippen molar-refractivity contribution in [3.8, 4) is 11.5 Å². The number of sulfonamides is 1. The number of hydrogen-bond acceptors (Lipinski definition) is 6. The van der Waals surface area contributed by atoms with E-state index in [1.165, 1.54) is 35.6 Å². The first-order valence-electron chi connectivity index (χ1n) is 9.49. The largest absolute Gasteiger partial charge is 0.493 e. The maximum absolute atomic E-state index is 12.6. The number of ether oxygens (including phenoxy) is 2. The van der Waals surface area contributed by atoms with E-state index in [1.807, 2.05) is 30.5 Å². The molecule has 31 heavy (non-hydrogen) atoms. The summed E-state index contributed by atoms with van der Waals surface area (Å²) in [5.41, 5.74) is 1.22. The molecule has 1 unspecified atom stereocenters. The Balaban J connectivity index is 1.66. The molecule has 9 heteroatoms. The Hall–Kier alpha value is -2.88. The van der Waals surface area contributed by atoms with Gasteiger partial charge in [-0.2, -0.15) is 0 Å². The van der Waals surface area contributed by atoms with Gasteiger partial charge in [-0.1, -0.05) is 12.1 Å². The van der Waals surface area contributed by atoms with E-state index in [1.54, 1.807) is 26.4 Å². The van der Waals surface area contributed by atoms with E-state index in [4.69, 9.17) is 9.47 Å². The minimum absolute atomic E-state index is 0.105. The molecule has 2 N–H and O–H groups in total. The van der Waals surface area contributed by atoms with Crippen LogP contribution in [-0.4, -0.2) is 28.5 Å². The number of methoxy groups -OCH3 is 2. The predicted octanol–water partition coefficient (Wildman–Crippen LogP) is 3.73. The molecule has 1 amide bonds. The van der Waals surface area contributed by atoms with Crippen LogP contribution in [0.5, 0.6) is 11.5 Å². The van der Waals surface area contributed by atoms with Gasteiger partial charge in [-0.3, -0.25) is 4.79 Å². The van der Waals surface area contributed by atoms with Crippen molar-refractivity contribution in [2.75, 3.05) is 14.2 Å². The summed E-state index contributed by atoms with van der Waals surface area (Å²) < 4.78 is 38.0. The van der Waals surface area contributed by atoms with Gasteiger partial charge < -0.3 is 14.8 Å². The first-order valence-corrected chi connectivity index (χ1v) is 11.8. The van der Waals surface area contributed by atoms with Crippen LogP contribution in [0.1, 0.15) is 33.8 Å². The van der Waals surface area contributed by atoms with E-state index in [9.17, 15) is 13.2 Å². The molecular formula is C22H24N2O5S2. The van der Waals surface area contributed by atoms with Gasteiger partial charge >= 0.3 is 0 Å². The van der Waals surface area contributed by atoms with Gasteiger partial charge in [0.25, 0.3) is 5.91 Å². The highest BCUT2D eigenvalue weighted by Gasteiger charge is 2.17. The maximum atomic E-state index is 12.6. The second-order valence-electron chi connectivity index (χ2n) is 6.74. The van der Waals surface area contributed by atoms with Crippen LogP contribution in [0.15, 0.2) is 64.9 Å². The highest BCUT2D eigenvalue weighted by atomic mass is 32.2. The minimum atomic E-state index is -3.66. The molecule has 2 aromatic carbocycles. The zero-order valence-electron chi connectivity index (χ0n) is 17.4. The van der Waals surface area contributed by atoms with Gasteiger partial charge in [0.15, 0.2) is 11.5 Å². The summed E-state index contributed by atoms with van der Waals surface area (Å²) in [4.78, 5) is 13.6. The molecule has 0 aliphatic rings. The van der Waals surface area contributed by atoms with Gasteiger partial charge in [0, 0.05) is 17.0 Å². The zero-order chi connectivity index (χ0) is 22.4. The van der Waals surface area contributed by atoms with Gasteiger partial charge in [0.1, 0.15) is 0 Å². The lowest BCUT2D eigenvalue weighted by Crippen LogP contribution is -2.27. The van der Waals surface area contributed by atoms with E-state index in [2.05, 4.69) is 10.0 Å². The summed E-state index contributed by atoms with van der Waals surface area (Å²) >= 11 is 1.48. The lowest BCUT2D eigenvalue weighted by atomic mass is 10.1. The van der Waals surface area contributed by atoms with Crippen LogP contribution in [0.4, 0.5) is 0 Å². The molecule has 0 bridgehead atoms. The second kappa shape index (κ2) is 9.95. The van der Waals surface area contributed by atoms with Crippen molar-refractivity contribution in [3.05, 3.63) is 76.0 Å². The summed E-state index contributed by atoms with van der Waals surface area (Å²) in [6.45, 7) is 2.08. The monoisotopic (exact) mass is 460 g/mol. The number of carbonyl (C=O) groups is 1. The van der Waals surface area contributed by atoms with E-state index in [0.717, 1.165) is 10.4 Å². The molecule has 1 heterocycles. The number of carbonyl (C=O) groups excluding carboxylic acids is 1. The molecule has 1 atom stereocenters. The molecule has 0 fully saturated rings. The third kappa shape index (κ3) is 5.63.